The lowest BCUT2D eigenvalue weighted by Gasteiger charge is -2.28. The molecular formula is C10H22N2O2. The molecule has 0 aromatic carbocycles. The van der Waals surface area contributed by atoms with E-state index in [9.17, 15) is 0 Å². The Morgan fingerprint density at radius 2 is 2.43 bits per heavy atom. The van der Waals surface area contributed by atoms with E-state index in [2.05, 4.69) is 11.9 Å². The molecule has 4 nitrogen and oxygen atoms in total. The molecule has 1 heterocycles. The molecule has 0 amide bonds. The summed E-state index contributed by atoms with van der Waals surface area (Å²) in [5, 5.41) is 0. The molecular weight excluding hydrogens is 180 g/mol. The quantitative estimate of drug-likeness (QED) is 0.662. The highest BCUT2D eigenvalue weighted by atomic mass is 16.5. The average molecular weight is 202 g/mol. The highest BCUT2D eigenvalue weighted by molar-refractivity contribution is 4.74. The van der Waals surface area contributed by atoms with Crippen molar-refractivity contribution in [1.29, 1.82) is 0 Å². The van der Waals surface area contributed by atoms with Gasteiger partial charge in [0.25, 0.3) is 0 Å². The van der Waals surface area contributed by atoms with E-state index in [4.69, 9.17) is 15.2 Å². The Labute approximate surface area is 86.3 Å². The van der Waals surface area contributed by atoms with E-state index in [0.717, 1.165) is 13.2 Å². The van der Waals surface area contributed by atoms with Crippen molar-refractivity contribution in [2.45, 2.75) is 25.0 Å². The van der Waals surface area contributed by atoms with Crippen LogP contribution in [0.4, 0.5) is 0 Å². The lowest BCUT2D eigenvalue weighted by atomic mass is 10.2. The first-order valence-electron chi connectivity index (χ1n) is 5.28. The molecule has 0 saturated carbocycles. The van der Waals surface area contributed by atoms with Gasteiger partial charge >= 0.3 is 0 Å². The van der Waals surface area contributed by atoms with E-state index >= 15 is 0 Å². The minimum Gasteiger partial charge on any atom is -0.383 e. The molecule has 0 bridgehead atoms. The summed E-state index contributed by atoms with van der Waals surface area (Å²) in [4.78, 5) is 2.24. The van der Waals surface area contributed by atoms with Gasteiger partial charge in [-0.1, -0.05) is 0 Å². The Hall–Kier alpha value is -0.160. The van der Waals surface area contributed by atoms with Crippen molar-refractivity contribution in [1.82, 2.24) is 4.90 Å². The molecule has 1 saturated heterocycles. The highest BCUT2D eigenvalue weighted by Crippen LogP contribution is 2.13. The van der Waals surface area contributed by atoms with Gasteiger partial charge in [0.05, 0.1) is 12.7 Å². The van der Waals surface area contributed by atoms with Crippen LogP contribution >= 0.6 is 0 Å². The van der Waals surface area contributed by atoms with Gasteiger partial charge < -0.3 is 15.2 Å². The Kier molecular flexibility index (Phi) is 5.40. The van der Waals surface area contributed by atoms with Crippen LogP contribution in [-0.4, -0.2) is 57.5 Å². The molecule has 0 aromatic rings. The number of rotatable bonds is 6. The first kappa shape index (κ1) is 11.9. The number of nitrogens with zero attached hydrogens (tertiary/aromatic N) is 1. The van der Waals surface area contributed by atoms with Gasteiger partial charge in [-0.3, -0.25) is 4.90 Å². The first-order chi connectivity index (χ1) is 6.77. The topological polar surface area (TPSA) is 47.7 Å². The fraction of sp³-hybridized carbons (Fsp3) is 1.00. The number of hydrogen-bond donors (Lipinski definition) is 1. The van der Waals surface area contributed by atoms with E-state index in [-0.39, 0.29) is 0 Å². The summed E-state index contributed by atoms with van der Waals surface area (Å²) in [6, 6.07) is 0.309. The number of nitrogens with two attached hydrogens (primary N) is 1. The molecule has 1 fully saturated rings. The van der Waals surface area contributed by atoms with Gasteiger partial charge in [0.15, 0.2) is 0 Å². The third-order valence-corrected chi connectivity index (χ3v) is 2.77. The molecule has 1 aliphatic heterocycles. The summed E-state index contributed by atoms with van der Waals surface area (Å²) in [6.45, 7) is 3.21. The molecule has 0 aliphatic carbocycles. The molecule has 2 atom stereocenters. The lowest BCUT2D eigenvalue weighted by molar-refractivity contribution is 0.0482. The van der Waals surface area contributed by atoms with E-state index in [0.29, 0.717) is 25.3 Å². The van der Waals surface area contributed by atoms with Crippen LogP contribution < -0.4 is 5.73 Å². The van der Waals surface area contributed by atoms with Crippen molar-refractivity contribution in [3.8, 4) is 0 Å². The van der Waals surface area contributed by atoms with Crippen LogP contribution in [0.2, 0.25) is 0 Å². The maximum absolute atomic E-state index is 5.67. The SMILES string of the molecule is COCC(CN)N(C)CC1CCCO1. The second-order valence-corrected chi connectivity index (χ2v) is 3.92. The third kappa shape index (κ3) is 3.53. The van der Waals surface area contributed by atoms with Crippen molar-refractivity contribution in [3.05, 3.63) is 0 Å². The Balaban J connectivity index is 2.26. The molecule has 84 valence electrons. The number of methoxy groups -OCH3 is 1. The summed E-state index contributed by atoms with van der Waals surface area (Å²) in [7, 11) is 3.79. The Morgan fingerprint density at radius 3 is 2.93 bits per heavy atom. The number of ether oxygens (including phenoxy) is 2. The zero-order valence-electron chi connectivity index (χ0n) is 9.24. The molecule has 14 heavy (non-hydrogen) atoms. The van der Waals surface area contributed by atoms with Crippen LogP contribution in [-0.2, 0) is 9.47 Å². The van der Waals surface area contributed by atoms with Crippen LogP contribution in [0, 0.1) is 0 Å². The van der Waals surface area contributed by atoms with E-state index in [1.807, 2.05) is 0 Å². The minimum atomic E-state index is 0.309. The van der Waals surface area contributed by atoms with Crippen molar-refractivity contribution < 1.29 is 9.47 Å². The second kappa shape index (κ2) is 6.35. The van der Waals surface area contributed by atoms with Gasteiger partial charge in [-0.05, 0) is 19.9 Å². The fourth-order valence-electron chi connectivity index (χ4n) is 1.83. The van der Waals surface area contributed by atoms with Crippen LogP contribution in [0.25, 0.3) is 0 Å². The van der Waals surface area contributed by atoms with Gasteiger partial charge in [0.1, 0.15) is 0 Å². The molecule has 0 spiro atoms. The molecule has 0 aromatic heterocycles. The van der Waals surface area contributed by atoms with Crippen LogP contribution in [0.15, 0.2) is 0 Å². The second-order valence-electron chi connectivity index (χ2n) is 3.92. The maximum atomic E-state index is 5.67. The fourth-order valence-corrected chi connectivity index (χ4v) is 1.83. The van der Waals surface area contributed by atoms with Crippen molar-refractivity contribution in [2.24, 2.45) is 5.73 Å². The average Bonchev–Trinajstić information content (AvgIpc) is 2.66. The molecule has 4 heteroatoms. The van der Waals surface area contributed by atoms with Crippen molar-refractivity contribution in [2.75, 3.05) is 40.5 Å². The monoisotopic (exact) mass is 202 g/mol. The maximum Gasteiger partial charge on any atom is 0.0702 e. The van der Waals surface area contributed by atoms with Gasteiger partial charge in [-0.15, -0.1) is 0 Å². The molecule has 1 rings (SSSR count). The van der Waals surface area contributed by atoms with Gasteiger partial charge in [-0.2, -0.15) is 0 Å². The first-order valence-corrected chi connectivity index (χ1v) is 5.28. The smallest absolute Gasteiger partial charge is 0.0702 e. The largest absolute Gasteiger partial charge is 0.383 e. The predicted octanol–water partition coefficient (Wildman–Crippen LogP) is 0.0709. The van der Waals surface area contributed by atoms with E-state index < -0.39 is 0 Å². The zero-order valence-corrected chi connectivity index (χ0v) is 9.24. The summed E-state index contributed by atoms with van der Waals surface area (Å²) in [5.74, 6) is 0. The summed E-state index contributed by atoms with van der Waals surface area (Å²) < 4.78 is 10.7. The number of likely N-dealkylation sites (N-methyl/N-ethyl adjacent to an activating group) is 1. The van der Waals surface area contributed by atoms with E-state index in [1.165, 1.54) is 12.8 Å². The Bertz CT molecular complexity index is 149. The van der Waals surface area contributed by atoms with Gasteiger partial charge in [-0.25, -0.2) is 0 Å². The third-order valence-electron chi connectivity index (χ3n) is 2.77. The highest BCUT2D eigenvalue weighted by Gasteiger charge is 2.21. The number of hydrogen-bond acceptors (Lipinski definition) is 4. The summed E-state index contributed by atoms with van der Waals surface area (Å²) in [6.07, 6.45) is 2.76. The molecule has 0 radical (unpaired) electrons. The van der Waals surface area contributed by atoms with Crippen molar-refractivity contribution in [3.63, 3.8) is 0 Å². The Morgan fingerprint density at radius 1 is 1.64 bits per heavy atom. The molecule has 2 N–H and O–H groups in total. The zero-order chi connectivity index (χ0) is 10.4. The van der Waals surface area contributed by atoms with Gasteiger partial charge in [0.2, 0.25) is 0 Å². The van der Waals surface area contributed by atoms with Crippen LogP contribution in [0.5, 0.6) is 0 Å². The molecule has 1 aliphatic rings. The predicted molar refractivity (Wildman–Crippen MR) is 56.3 cm³/mol. The van der Waals surface area contributed by atoms with Crippen molar-refractivity contribution >= 4 is 0 Å². The van der Waals surface area contributed by atoms with Crippen LogP contribution in [0.1, 0.15) is 12.8 Å². The van der Waals surface area contributed by atoms with E-state index in [1.54, 1.807) is 7.11 Å². The van der Waals surface area contributed by atoms with Crippen LogP contribution in [0.3, 0.4) is 0 Å². The summed E-state index contributed by atoms with van der Waals surface area (Å²) in [5.41, 5.74) is 5.67. The molecule has 2 unspecified atom stereocenters. The van der Waals surface area contributed by atoms with Gasteiger partial charge in [0, 0.05) is 32.8 Å². The normalized spacial score (nSPS) is 24.4. The lowest BCUT2D eigenvalue weighted by Crippen LogP contribution is -2.44. The standard InChI is InChI=1S/C10H22N2O2/c1-12(9(6-11)8-13-2)7-10-4-3-5-14-10/h9-10H,3-8,11H2,1-2H3. The summed E-state index contributed by atoms with van der Waals surface area (Å²) >= 11 is 0. The minimum absolute atomic E-state index is 0.309.